The summed E-state index contributed by atoms with van der Waals surface area (Å²) in [6, 6.07) is 4.02. The minimum absolute atomic E-state index is 0.0678. The first kappa shape index (κ1) is 24.5. The zero-order chi connectivity index (χ0) is 24.5. The van der Waals surface area contributed by atoms with E-state index < -0.39 is 28.5 Å². The second-order valence-corrected chi connectivity index (χ2v) is 11.6. The quantitative estimate of drug-likeness (QED) is 0.405. The van der Waals surface area contributed by atoms with Crippen molar-refractivity contribution in [1.29, 1.82) is 0 Å². The molecular weight excluding hydrogens is 460 g/mol. The van der Waals surface area contributed by atoms with E-state index in [2.05, 4.69) is 16.0 Å². The van der Waals surface area contributed by atoms with Crippen LogP contribution in [0, 0.1) is 24.7 Å². The molecule has 11 heteroatoms. The van der Waals surface area contributed by atoms with Gasteiger partial charge in [-0.1, -0.05) is 6.07 Å². The molecule has 0 radical (unpaired) electrons. The van der Waals surface area contributed by atoms with Gasteiger partial charge in [0.05, 0.1) is 11.3 Å². The van der Waals surface area contributed by atoms with Crippen LogP contribution in [0.1, 0.15) is 50.5 Å². The van der Waals surface area contributed by atoms with Gasteiger partial charge in [0.15, 0.2) is 6.61 Å². The highest BCUT2D eigenvalue weighted by Gasteiger charge is 2.51. The molecule has 1 aromatic carbocycles. The third-order valence-electron chi connectivity index (χ3n) is 7.17. The molecule has 0 atom stereocenters. The first-order valence-corrected chi connectivity index (χ1v) is 13.2. The predicted molar refractivity (Wildman–Crippen MR) is 124 cm³/mol. The molecule has 0 aliphatic heterocycles. The molecule has 4 fully saturated rings. The van der Waals surface area contributed by atoms with Gasteiger partial charge in [0.1, 0.15) is 0 Å². The van der Waals surface area contributed by atoms with Gasteiger partial charge in [-0.3, -0.25) is 9.59 Å². The van der Waals surface area contributed by atoms with E-state index in [4.69, 9.17) is 9.88 Å². The minimum Gasteiger partial charge on any atom is -0.456 e. The van der Waals surface area contributed by atoms with Crippen LogP contribution in [0.5, 0.6) is 0 Å². The third-order valence-corrected chi connectivity index (χ3v) is 8.23. The van der Waals surface area contributed by atoms with Crippen LogP contribution in [-0.4, -0.2) is 45.0 Å². The van der Waals surface area contributed by atoms with E-state index in [0.29, 0.717) is 5.56 Å². The maximum absolute atomic E-state index is 12.4. The lowest BCUT2D eigenvalue weighted by Gasteiger charge is -2.56. The van der Waals surface area contributed by atoms with Gasteiger partial charge < -0.3 is 20.7 Å². The predicted octanol–water partition coefficient (Wildman–Crippen LogP) is 1.78. The van der Waals surface area contributed by atoms with Crippen LogP contribution in [0.25, 0.3) is 0 Å². The number of aryl methyl sites for hydroxylation is 1. The summed E-state index contributed by atoms with van der Waals surface area (Å²) in [5, 5.41) is 13.5. The molecule has 1 aromatic rings. The molecule has 0 unspecified atom stereocenters. The van der Waals surface area contributed by atoms with Gasteiger partial charge >= 0.3 is 12.0 Å². The highest BCUT2D eigenvalue weighted by Crippen LogP contribution is 2.55. The molecular formula is C23H32N4O6S. The standard InChI is InChI=1S/C23H32N4O6S/c1-14-2-3-18(9-19(14)34(24,31)32)26-20(28)13-33-21(29)4-5-25-22(30)27-23-10-15-6-16(11-23)8-17(7-15)12-23/h2-3,9,15-17H,4-8,10-13H2,1H3,(H,26,28)(H2,24,31,32)(H2,25,27,30). The van der Waals surface area contributed by atoms with Crippen molar-refractivity contribution in [1.82, 2.24) is 10.6 Å². The minimum atomic E-state index is -3.93. The molecule has 5 rings (SSSR count). The van der Waals surface area contributed by atoms with Crippen molar-refractivity contribution in [2.24, 2.45) is 22.9 Å². The molecule has 34 heavy (non-hydrogen) atoms. The van der Waals surface area contributed by atoms with Gasteiger partial charge in [0.25, 0.3) is 5.91 Å². The lowest BCUT2D eigenvalue weighted by molar-refractivity contribution is -0.147. The van der Waals surface area contributed by atoms with Crippen molar-refractivity contribution in [3.8, 4) is 0 Å². The van der Waals surface area contributed by atoms with Gasteiger partial charge in [-0.2, -0.15) is 0 Å². The van der Waals surface area contributed by atoms with Crippen molar-refractivity contribution in [2.75, 3.05) is 18.5 Å². The lowest BCUT2D eigenvalue weighted by Crippen LogP contribution is -2.61. The Kier molecular flexibility index (Phi) is 6.86. The van der Waals surface area contributed by atoms with E-state index in [-0.39, 0.29) is 35.1 Å². The lowest BCUT2D eigenvalue weighted by atomic mass is 9.53. The average Bonchev–Trinajstić information content (AvgIpc) is 2.71. The second kappa shape index (κ2) is 9.53. The summed E-state index contributed by atoms with van der Waals surface area (Å²) >= 11 is 0. The fourth-order valence-electron chi connectivity index (χ4n) is 6.23. The van der Waals surface area contributed by atoms with Gasteiger partial charge in [-0.15, -0.1) is 0 Å². The van der Waals surface area contributed by atoms with Crippen LogP contribution >= 0.6 is 0 Å². The number of nitrogens with two attached hydrogens (primary N) is 1. The van der Waals surface area contributed by atoms with Crippen LogP contribution < -0.4 is 21.1 Å². The van der Waals surface area contributed by atoms with Crippen LogP contribution in [-0.2, 0) is 24.3 Å². The van der Waals surface area contributed by atoms with E-state index in [1.54, 1.807) is 6.92 Å². The van der Waals surface area contributed by atoms with E-state index in [0.717, 1.165) is 37.0 Å². The number of anilines is 1. The van der Waals surface area contributed by atoms with Crippen LogP contribution in [0.3, 0.4) is 0 Å². The molecule has 0 saturated heterocycles. The molecule has 10 nitrogen and oxygen atoms in total. The molecule has 4 aliphatic rings. The van der Waals surface area contributed by atoms with E-state index in [1.165, 1.54) is 37.5 Å². The Labute approximate surface area is 199 Å². The monoisotopic (exact) mass is 492 g/mol. The Hall–Kier alpha value is -2.66. The first-order valence-electron chi connectivity index (χ1n) is 11.7. The van der Waals surface area contributed by atoms with Crippen LogP contribution in [0.15, 0.2) is 23.1 Å². The maximum atomic E-state index is 12.4. The zero-order valence-corrected chi connectivity index (χ0v) is 20.1. The largest absolute Gasteiger partial charge is 0.456 e. The van der Waals surface area contributed by atoms with E-state index in [9.17, 15) is 22.8 Å². The number of esters is 1. The molecule has 0 spiro atoms. The number of sulfonamides is 1. The number of rotatable bonds is 8. The van der Waals surface area contributed by atoms with Crippen LogP contribution in [0.4, 0.5) is 10.5 Å². The number of primary sulfonamides is 1. The Bertz CT molecular complexity index is 1050. The summed E-state index contributed by atoms with van der Waals surface area (Å²) in [5.74, 6) is 0.918. The highest BCUT2D eigenvalue weighted by molar-refractivity contribution is 7.89. The molecule has 4 aliphatic carbocycles. The van der Waals surface area contributed by atoms with Gasteiger partial charge in [0, 0.05) is 17.8 Å². The number of urea groups is 1. The van der Waals surface area contributed by atoms with Gasteiger partial charge in [-0.05, 0) is 80.9 Å². The van der Waals surface area contributed by atoms with Crippen molar-refractivity contribution < 1.29 is 27.5 Å². The molecule has 0 heterocycles. The van der Waals surface area contributed by atoms with Crippen molar-refractivity contribution in [2.45, 2.75) is 62.3 Å². The normalized spacial score (nSPS) is 27.2. The third kappa shape index (κ3) is 5.87. The molecule has 0 aromatic heterocycles. The highest BCUT2D eigenvalue weighted by atomic mass is 32.2. The molecule has 3 amide bonds. The Morgan fingerprint density at radius 2 is 1.71 bits per heavy atom. The van der Waals surface area contributed by atoms with Gasteiger partial charge in [-0.25, -0.2) is 18.4 Å². The molecule has 186 valence electrons. The average molecular weight is 493 g/mol. The SMILES string of the molecule is Cc1ccc(NC(=O)COC(=O)CCNC(=O)NC23CC4CC(CC(C4)C2)C3)cc1S(N)(=O)=O. The fraction of sp³-hybridized carbons (Fsp3) is 0.609. The summed E-state index contributed by atoms with van der Waals surface area (Å²) in [6.07, 6.45) is 6.94. The van der Waals surface area contributed by atoms with Gasteiger partial charge in [0.2, 0.25) is 10.0 Å². The van der Waals surface area contributed by atoms with E-state index in [1.807, 2.05) is 0 Å². The number of carbonyl (C=O) groups excluding carboxylic acids is 3. The van der Waals surface area contributed by atoms with Crippen LogP contribution in [0.2, 0.25) is 0 Å². The summed E-state index contributed by atoms with van der Waals surface area (Å²) in [4.78, 5) is 36.3. The molecule has 4 saturated carbocycles. The molecule has 4 bridgehead atoms. The van der Waals surface area contributed by atoms with E-state index >= 15 is 0 Å². The summed E-state index contributed by atoms with van der Waals surface area (Å²) in [5.41, 5.74) is 0.571. The first-order chi connectivity index (χ1) is 16.0. The fourth-order valence-corrected chi connectivity index (χ4v) is 7.03. The zero-order valence-electron chi connectivity index (χ0n) is 19.3. The topological polar surface area (TPSA) is 157 Å². The number of ether oxygens (including phenoxy) is 1. The number of nitrogens with one attached hydrogen (secondary N) is 3. The smallest absolute Gasteiger partial charge is 0.315 e. The summed E-state index contributed by atoms with van der Waals surface area (Å²) < 4.78 is 28.1. The maximum Gasteiger partial charge on any atom is 0.315 e. The van der Waals surface area contributed by atoms with Crippen molar-refractivity contribution >= 4 is 33.6 Å². The Morgan fingerprint density at radius 1 is 1.09 bits per heavy atom. The second-order valence-electron chi connectivity index (χ2n) is 10.1. The number of benzene rings is 1. The molecule has 5 N–H and O–H groups in total. The summed E-state index contributed by atoms with van der Waals surface area (Å²) in [7, 11) is -3.93. The number of carbonyl (C=O) groups is 3. The number of hydrogen-bond donors (Lipinski definition) is 4. The number of amides is 3. The summed E-state index contributed by atoms with van der Waals surface area (Å²) in [6.45, 7) is 1.16. The Morgan fingerprint density at radius 3 is 2.29 bits per heavy atom. The Balaban J connectivity index is 1.16. The van der Waals surface area contributed by atoms with Crippen molar-refractivity contribution in [3.05, 3.63) is 23.8 Å². The van der Waals surface area contributed by atoms with Crippen molar-refractivity contribution in [3.63, 3.8) is 0 Å². The number of hydrogen-bond acceptors (Lipinski definition) is 6.